The van der Waals surface area contributed by atoms with Crippen molar-refractivity contribution in [1.29, 1.82) is 0 Å². The molecule has 0 aliphatic carbocycles. The first-order valence-corrected chi connectivity index (χ1v) is 7.01. The lowest BCUT2D eigenvalue weighted by Crippen LogP contribution is -1.99. The van der Waals surface area contributed by atoms with Gasteiger partial charge in [0, 0.05) is 30.6 Å². The van der Waals surface area contributed by atoms with Crippen molar-refractivity contribution in [3.8, 4) is 17.0 Å². The van der Waals surface area contributed by atoms with Gasteiger partial charge in [-0.05, 0) is 34.9 Å². The molecule has 0 spiro atoms. The molecule has 0 saturated heterocycles. The summed E-state index contributed by atoms with van der Waals surface area (Å²) in [7, 11) is 1.54. The van der Waals surface area contributed by atoms with Crippen molar-refractivity contribution < 1.29 is 9.13 Å². The lowest BCUT2D eigenvalue weighted by molar-refractivity contribution is 0.399. The summed E-state index contributed by atoms with van der Waals surface area (Å²) in [5.41, 5.74) is 8.79. The van der Waals surface area contributed by atoms with Crippen molar-refractivity contribution in [2.75, 3.05) is 12.8 Å². The second kappa shape index (κ2) is 6.39. The predicted molar refractivity (Wildman–Crippen MR) is 85.4 cm³/mol. The predicted octanol–water partition coefficient (Wildman–Crippen LogP) is 2.86. The van der Waals surface area contributed by atoms with Gasteiger partial charge in [-0.15, -0.1) is 0 Å². The van der Waals surface area contributed by atoms with Crippen LogP contribution in [0.4, 0.5) is 10.3 Å². The Hall–Kier alpha value is -3.02. The zero-order chi connectivity index (χ0) is 16.2. The highest BCUT2D eigenvalue weighted by atomic mass is 19.1. The Balaban J connectivity index is 1.97. The quantitative estimate of drug-likeness (QED) is 0.802. The lowest BCUT2D eigenvalue weighted by Gasteiger charge is -2.10. The van der Waals surface area contributed by atoms with Gasteiger partial charge in [-0.1, -0.05) is 12.1 Å². The molecule has 2 heterocycles. The van der Waals surface area contributed by atoms with Gasteiger partial charge in [-0.25, -0.2) is 19.3 Å². The van der Waals surface area contributed by atoms with Crippen LogP contribution in [0, 0.1) is 5.82 Å². The minimum Gasteiger partial charge on any atom is -0.481 e. The maximum Gasteiger partial charge on any atom is 0.221 e. The summed E-state index contributed by atoms with van der Waals surface area (Å²) < 4.78 is 18.8. The van der Waals surface area contributed by atoms with Gasteiger partial charge < -0.3 is 10.5 Å². The van der Waals surface area contributed by atoms with Crippen molar-refractivity contribution in [2.45, 2.75) is 6.42 Å². The topological polar surface area (TPSA) is 73.9 Å². The summed E-state index contributed by atoms with van der Waals surface area (Å²) in [6.45, 7) is 0. The van der Waals surface area contributed by atoms with E-state index in [2.05, 4.69) is 15.0 Å². The number of rotatable bonds is 4. The minimum absolute atomic E-state index is 0.238. The molecule has 1 aromatic carbocycles. The lowest BCUT2D eigenvalue weighted by atomic mass is 10.0. The molecule has 0 amide bonds. The molecular weight excluding hydrogens is 295 g/mol. The molecule has 116 valence electrons. The van der Waals surface area contributed by atoms with Crippen molar-refractivity contribution in [3.05, 3.63) is 65.9 Å². The van der Waals surface area contributed by atoms with Crippen LogP contribution in [-0.4, -0.2) is 22.1 Å². The fraction of sp³-hybridized carbons (Fsp3) is 0.118. The number of ether oxygens (including phenoxy) is 1. The largest absolute Gasteiger partial charge is 0.481 e. The smallest absolute Gasteiger partial charge is 0.221 e. The summed E-state index contributed by atoms with van der Waals surface area (Å²) in [6, 6.07) is 8.26. The van der Waals surface area contributed by atoms with Gasteiger partial charge in [0.05, 0.1) is 7.11 Å². The molecule has 3 rings (SSSR count). The van der Waals surface area contributed by atoms with E-state index in [-0.39, 0.29) is 11.8 Å². The summed E-state index contributed by atoms with van der Waals surface area (Å²) in [4.78, 5) is 12.3. The van der Waals surface area contributed by atoms with Crippen molar-refractivity contribution in [1.82, 2.24) is 15.0 Å². The fourth-order valence-corrected chi connectivity index (χ4v) is 2.31. The average molecular weight is 310 g/mol. The molecule has 3 aromatic rings. The molecule has 2 aromatic heterocycles. The molecule has 0 fully saturated rings. The van der Waals surface area contributed by atoms with E-state index in [0.717, 1.165) is 16.7 Å². The van der Waals surface area contributed by atoms with Gasteiger partial charge >= 0.3 is 0 Å². The third kappa shape index (κ3) is 3.42. The number of nitrogens with two attached hydrogens (primary N) is 1. The Morgan fingerprint density at radius 1 is 1.04 bits per heavy atom. The Bertz CT molecular complexity index is 821. The fourth-order valence-electron chi connectivity index (χ4n) is 2.31. The first kappa shape index (κ1) is 14.9. The van der Waals surface area contributed by atoms with Gasteiger partial charge in [-0.3, -0.25) is 0 Å². The van der Waals surface area contributed by atoms with Gasteiger partial charge in [0.25, 0.3) is 0 Å². The molecule has 0 unspecified atom stereocenters. The summed E-state index contributed by atoms with van der Waals surface area (Å²) >= 11 is 0. The third-order valence-electron chi connectivity index (χ3n) is 3.37. The first-order valence-electron chi connectivity index (χ1n) is 7.01. The molecule has 0 radical (unpaired) electrons. The molecule has 5 nitrogen and oxygen atoms in total. The van der Waals surface area contributed by atoms with E-state index in [0.29, 0.717) is 17.9 Å². The van der Waals surface area contributed by atoms with Crippen molar-refractivity contribution in [3.63, 3.8) is 0 Å². The average Bonchev–Trinajstić information content (AvgIpc) is 2.57. The molecule has 0 bridgehead atoms. The monoisotopic (exact) mass is 310 g/mol. The van der Waals surface area contributed by atoms with Crippen LogP contribution in [0.5, 0.6) is 5.88 Å². The van der Waals surface area contributed by atoms with E-state index in [4.69, 9.17) is 10.5 Å². The highest BCUT2D eigenvalue weighted by Gasteiger charge is 2.10. The molecule has 0 aliphatic rings. The third-order valence-corrected chi connectivity index (χ3v) is 3.37. The Morgan fingerprint density at radius 3 is 2.48 bits per heavy atom. The second-order valence-corrected chi connectivity index (χ2v) is 5.04. The van der Waals surface area contributed by atoms with E-state index >= 15 is 0 Å². The number of nitrogens with zero attached hydrogens (tertiary/aromatic N) is 3. The Labute approximate surface area is 133 Å². The molecule has 2 N–H and O–H groups in total. The molecular formula is C17H15FN4O. The van der Waals surface area contributed by atoms with Crippen LogP contribution in [0.2, 0.25) is 0 Å². The van der Waals surface area contributed by atoms with Crippen LogP contribution in [0.3, 0.4) is 0 Å². The first-order chi connectivity index (χ1) is 11.2. The number of aromatic nitrogens is 3. The zero-order valence-corrected chi connectivity index (χ0v) is 12.5. The SMILES string of the molecule is COc1ncc(Cc2cnc(N)nc2)cc1-c1cccc(F)c1. The van der Waals surface area contributed by atoms with Gasteiger partial charge in [0.2, 0.25) is 11.8 Å². The normalized spacial score (nSPS) is 10.5. The summed E-state index contributed by atoms with van der Waals surface area (Å²) in [6.07, 6.45) is 5.67. The van der Waals surface area contributed by atoms with E-state index in [9.17, 15) is 4.39 Å². The second-order valence-electron chi connectivity index (χ2n) is 5.04. The molecule has 6 heteroatoms. The van der Waals surface area contributed by atoms with E-state index in [1.54, 1.807) is 31.8 Å². The maximum absolute atomic E-state index is 13.5. The number of hydrogen-bond donors (Lipinski definition) is 1. The standard InChI is InChI=1S/C17H15FN4O/c1-23-16-15(13-3-2-4-14(18)7-13)6-11(8-20-16)5-12-9-21-17(19)22-10-12/h2-4,6-10H,5H2,1H3,(H2,19,21,22). The van der Waals surface area contributed by atoms with E-state index in [1.165, 1.54) is 12.1 Å². The highest BCUT2D eigenvalue weighted by Crippen LogP contribution is 2.29. The highest BCUT2D eigenvalue weighted by molar-refractivity contribution is 5.69. The summed E-state index contributed by atoms with van der Waals surface area (Å²) in [5, 5.41) is 0. The number of nitrogen functional groups attached to an aromatic ring is 1. The van der Waals surface area contributed by atoms with E-state index in [1.807, 2.05) is 12.1 Å². The van der Waals surface area contributed by atoms with Crippen LogP contribution in [-0.2, 0) is 6.42 Å². The van der Waals surface area contributed by atoms with Crippen LogP contribution >= 0.6 is 0 Å². The summed E-state index contributed by atoms with van der Waals surface area (Å²) in [5.74, 6) is 0.386. The van der Waals surface area contributed by atoms with Crippen LogP contribution in [0.15, 0.2) is 48.9 Å². The number of hydrogen-bond acceptors (Lipinski definition) is 5. The Kier molecular flexibility index (Phi) is 4.14. The molecule has 0 aliphatic heterocycles. The molecule has 0 atom stereocenters. The van der Waals surface area contributed by atoms with Gasteiger partial charge in [0.15, 0.2) is 0 Å². The molecule has 0 saturated carbocycles. The van der Waals surface area contributed by atoms with Gasteiger partial charge in [0.1, 0.15) is 5.82 Å². The minimum atomic E-state index is -0.304. The molecule has 23 heavy (non-hydrogen) atoms. The number of pyridine rings is 1. The van der Waals surface area contributed by atoms with Crippen molar-refractivity contribution >= 4 is 5.95 Å². The number of methoxy groups -OCH3 is 1. The van der Waals surface area contributed by atoms with Crippen LogP contribution in [0.1, 0.15) is 11.1 Å². The Morgan fingerprint density at radius 2 is 1.78 bits per heavy atom. The maximum atomic E-state index is 13.5. The van der Waals surface area contributed by atoms with Crippen LogP contribution in [0.25, 0.3) is 11.1 Å². The van der Waals surface area contributed by atoms with Crippen molar-refractivity contribution in [2.24, 2.45) is 0 Å². The van der Waals surface area contributed by atoms with Gasteiger partial charge in [-0.2, -0.15) is 0 Å². The van der Waals surface area contributed by atoms with Crippen LogP contribution < -0.4 is 10.5 Å². The van der Waals surface area contributed by atoms with E-state index < -0.39 is 0 Å². The number of anilines is 1. The number of halogens is 1. The number of benzene rings is 1. The zero-order valence-electron chi connectivity index (χ0n) is 12.5.